The van der Waals surface area contributed by atoms with Crippen LogP contribution in [0.15, 0.2) is 0 Å². The number of imidazole rings is 1. The zero-order chi connectivity index (χ0) is 15.3. The number of halogens is 5. The van der Waals surface area contributed by atoms with Crippen LogP contribution in [0.5, 0.6) is 0 Å². The molecule has 1 aliphatic rings. The lowest BCUT2D eigenvalue weighted by Gasteiger charge is -2.17. The van der Waals surface area contributed by atoms with Crippen LogP contribution < -0.4 is 5.32 Å². The minimum Gasteiger partial charge on any atom is -0.311 e. The van der Waals surface area contributed by atoms with Gasteiger partial charge in [0, 0.05) is 25.2 Å². The van der Waals surface area contributed by atoms with Crippen LogP contribution in [-0.4, -0.2) is 16.1 Å². The molecule has 0 saturated carbocycles. The average molecular weight is 303 g/mol. The third-order valence-electron chi connectivity index (χ3n) is 3.46. The van der Waals surface area contributed by atoms with Gasteiger partial charge >= 0.3 is 0 Å². The van der Waals surface area contributed by atoms with Crippen LogP contribution in [0.25, 0.3) is 5.69 Å². The van der Waals surface area contributed by atoms with Gasteiger partial charge in [0.1, 0.15) is 11.5 Å². The number of rotatable bonds is 1. The lowest BCUT2D eigenvalue weighted by Crippen LogP contribution is -2.25. The van der Waals surface area contributed by atoms with E-state index >= 15 is 0 Å². The molecule has 0 radical (unpaired) electrons. The van der Waals surface area contributed by atoms with Gasteiger partial charge in [-0.25, -0.2) is 26.9 Å². The molecule has 2 heterocycles. The second-order valence-electron chi connectivity index (χ2n) is 4.73. The first kappa shape index (κ1) is 14.0. The SMILES string of the molecule is Cc1nc2c(n1-c1c(F)c(F)c(F)c(F)c1F)CCNC2. The minimum atomic E-state index is -2.16. The summed E-state index contributed by atoms with van der Waals surface area (Å²) in [6.07, 6.45) is 0.385. The molecule has 0 amide bonds. The number of hydrogen-bond donors (Lipinski definition) is 1. The molecule has 21 heavy (non-hydrogen) atoms. The maximum atomic E-state index is 13.9. The fourth-order valence-corrected chi connectivity index (χ4v) is 2.53. The van der Waals surface area contributed by atoms with Gasteiger partial charge in [-0.3, -0.25) is 4.57 Å². The van der Waals surface area contributed by atoms with Gasteiger partial charge in [-0.15, -0.1) is 0 Å². The Morgan fingerprint density at radius 2 is 1.52 bits per heavy atom. The maximum absolute atomic E-state index is 13.9. The largest absolute Gasteiger partial charge is 0.311 e. The molecule has 3 rings (SSSR count). The van der Waals surface area contributed by atoms with E-state index in [0.717, 1.165) is 4.57 Å². The van der Waals surface area contributed by atoms with Gasteiger partial charge in [-0.1, -0.05) is 0 Å². The van der Waals surface area contributed by atoms with Crippen LogP contribution in [0.1, 0.15) is 17.2 Å². The molecule has 112 valence electrons. The molecule has 1 aromatic heterocycles. The summed E-state index contributed by atoms with van der Waals surface area (Å²) in [7, 11) is 0. The highest BCUT2D eigenvalue weighted by molar-refractivity contribution is 5.42. The molecule has 0 unspecified atom stereocenters. The van der Waals surface area contributed by atoms with Crippen LogP contribution in [0.3, 0.4) is 0 Å². The summed E-state index contributed by atoms with van der Waals surface area (Å²) in [6.45, 7) is 2.38. The Hall–Kier alpha value is -1.96. The van der Waals surface area contributed by atoms with E-state index in [9.17, 15) is 22.0 Å². The Morgan fingerprint density at radius 1 is 0.952 bits per heavy atom. The summed E-state index contributed by atoms with van der Waals surface area (Å²) in [6, 6.07) is 0. The second-order valence-corrected chi connectivity index (χ2v) is 4.73. The van der Waals surface area contributed by atoms with Gasteiger partial charge in [0.25, 0.3) is 0 Å². The Bertz CT molecular complexity index is 709. The third-order valence-corrected chi connectivity index (χ3v) is 3.46. The summed E-state index contributed by atoms with van der Waals surface area (Å²) >= 11 is 0. The molecule has 1 aliphatic heterocycles. The first-order valence-corrected chi connectivity index (χ1v) is 6.23. The molecule has 1 aromatic carbocycles. The minimum absolute atomic E-state index is 0.173. The monoisotopic (exact) mass is 303 g/mol. The maximum Gasteiger partial charge on any atom is 0.200 e. The molecule has 0 saturated heterocycles. The summed E-state index contributed by atoms with van der Waals surface area (Å²) in [5, 5.41) is 3.02. The van der Waals surface area contributed by atoms with Crippen LogP contribution in [0, 0.1) is 36.0 Å². The summed E-state index contributed by atoms with van der Waals surface area (Å²) in [5.41, 5.74) is 0.0247. The molecular weight excluding hydrogens is 293 g/mol. The fraction of sp³-hybridized carbons (Fsp3) is 0.308. The fourth-order valence-electron chi connectivity index (χ4n) is 2.53. The van der Waals surface area contributed by atoms with E-state index in [2.05, 4.69) is 10.3 Å². The molecule has 3 nitrogen and oxygen atoms in total. The number of fused-ring (bicyclic) bond motifs is 1. The van der Waals surface area contributed by atoms with Crippen molar-refractivity contribution in [3.63, 3.8) is 0 Å². The Labute approximate surface area is 116 Å². The van der Waals surface area contributed by atoms with Gasteiger partial charge in [-0.05, 0) is 6.92 Å². The predicted octanol–water partition coefficient (Wildman–Crippen LogP) is 2.52. The highest BCUT2D eigenvalue weighted by Gasteiger charge is 2.30. The smallest absolute Gasteiger partial charge is 0.200 e. The van der Waals surface area contributed by atoms with E-state index in [-0.39, 0.29) is 5.82 Å². The number of hydrogen-bond acceptors (Lipinski definition) is 2. The third kappa shape index (κ3) is 1.93. The van der Waals surface area contributed by atoms with E-state index in [1.807, 2.05) is 0 Å². The van der Waals surface area contributed by atoms with E-state index < -0.39 is 34.8 Å². The molecule has 0 aliphatic carbocycles. The van der Waals surface area contributed by atoms with Crippen molar-refractivity contribution in [2.24, 2.45) is 0 Å². The number of aromatic nitrogens is 2. The molecule has 1 N–H and O–H groups in total. The van der Waals surface area contributed by atoms with Crippen molar-refractivity contribution in [1.82, 2.24) is 14.9 Å². The van der Waals surface area contributed by atoms with Crippen LogP contribution in [-0.2, 0) is 13.0 Å². The molecule has 0 spiro atoms. The van der Waals surface area contributed by atoms with E-state index in [0.29, 0.717) is 30.9 Å². The van der Waals surface area contributed by atoms with E-state index in [4.69, 9.17) is 0 Å². The van der Waals surface area contributed by atoms with Crippen molar-refractivity contribution in [3.05, 3.63) is 46.3 Å². The highest BCUT2D eigenvalue weighted by atomic mass is 19.2. The molecule has 0 bridgehead atoms. The number of aryl methyl sites for hydroxylation is 1. The molecule has 8 heteroatoms. The van der Waals surface area contributed by atoms with Crippen molar-refractivity contribution >= 4 is 0 Å². The first-order chi connectivity index (χ1) is 9.93. The van der Waals surface area contributed by atoms with Crippen molar-refractivity contribution < 1.29 is 22.0 Å². The lowest BCUT2D eigenvalue weighted by atomic mass is 10.1. The van der Waals surface area contributed by atoms with Crippen molar-refractivity contribution in [3.8, 4) is 5.69 Å². The van der Waals surface area contributed by atoms with Gasteiger partial charge < -0.3 is 5.32 Å². The predicted molar refractivity (Wildman–Crippen MR) is 63.5 cm³/mol. The Balaban J connectivity index is 2.34. The quantitative estimate of drug-likeness (QED) is 0.498. The summed E-state index contributed by atoms with van der Waals surface area (Å²) < 4.78 is 68.7. The average Bonchev–Trinajstić information content (AvgIpc) is 2.80. The molecule has 0 fully saturated rings. The normalized spacial score (nSPS) is 14.4. The van der Waals surface area contributed by atoms with Gasteiger partial charge in [0.05, 0.1) is 5.69 Å². The number of nitrogens with one attached hydrogen (secondary N) is 1. The van der Waals surface area contributed by atoms with Gasteiger partial charge in [-0.2, -0.15) is 0 Å². The molecular formula is C13H10F5N3. The van der Waals surface area contributed by atoms with Gasteiger partial charge in [0.15, 0.2) is 23.3 Å². The van der Waals surface area contributed by atoms with Crippen molar-refractivity contribution in [2.45, 2.75) is 19.9 Å². The molecule has 2 aromatic rings. The number of benzene rings is 1. The van der Waals surface area contributed by atoms with Crippen LogP contribution in [0.4, 0.5) is 22.0 Å². The van der Waals surface area contributed by atoms with Crippen LogP contribution in [0.2, 0.25) is 0 Å². The summed E-state index contributed by atoms with van der Waals surface area (Å²) in [5.74, 6) is -9.62. The highest BCUT2D eigenvalue weighted by Crippen LogP contribution is 2.29. The molecule has 0 atom stereocenters. The first-order valence-electron chi connectivity index (χ1n) is 6.23. The van der Waals surface area contributed by atoms with E-state index in [1.165, 1.54) is 6.92 Å². The zero-order valence-electron chi connectivity index (χ0n) is 10.9. The topological polar surface area (TPSA) is 29.9 Å². The van der Waals surface area contributed by atoms with Gasteiger partial charge in [0.2, 0.25) is 5.82 Å². The second kappa shape index (κ2) is 4.80. The zero-order valence-corrected chi connectivity index (χ0v) is 10.9. The Morgan fingerprint density at radius 3 is 2.14 bits per heavy atom. The standard InChI is InChI=1S/C13H10F5N3/c1-5-20-6-4-19-3-2-7(6)21(5)13-11(17)9(15)8(14)10(16)12(13)18/h19H,2-4H2,1H3. The van der Waals surface area contributed by atoms with Crippen molar-refractivity contribution in [1.29, 1.82) is 0 Å². The lowest BCUT2D eigenvalue weighted by molar-refractivity contribution is 0.374. The Kier molecular flexibility index (Phi) is 3.20. The number of nitrogens with zero attached hydrogens (tertiary/aromatic N) is 2. The van der Waals surface area contributed by atoms with E-state index in [1.54, 1.807) is 0 Å². The summed E-state index contributed by atoms with van der Waals surface area (Å²) in [4.78, 5) is 4.12. The van der Waals surface area contributed by atoms with Crippen LogP contribution >= 0.6 is 0 Å². The van der Waals surface area contributed by atoms with Crippen molar-refractivity contribution in [2.75, 3.05) is 6.54 Å².